The summed E-state index contributed by atoms with van der Waals surface area (Å²) in [6.07, 6.45) is 2.40. The van der Waals surface area contributed by atoms with Crippen LogP contribution in [0.25, 0.3) is 0 Å². The van der Waals surface area contributed by atoms with Crippen LogP contribution in [0.15, 0.2) is 23.1 Å². The monoisotopic (exact) mass is 237 g/mol. The van der Waals surface area contributed by atoms with Crippen molar-refractivity contribution in [1.82, 2.24) is 5.32 Å². The van der Waals surface area contributed by atoms with Crippen LogP contribution in [-0.4, -0.2) is 19.4 Å². The minimum atomic E-state index is 0.506. The number of ether oxygens (including phenoxy) is 1. The molecule has 0 fully saturated rings. The highest BCUT2D eigenvalue weighted by molar-refractivity contribution is 7.99. The average Bonchev–Trinajstić information content (AvgIpc) is 2.35. The standard InChI is InChI=1S/C13H19NOS/c1-3-7-14-12-6-8-16-13-5-4-10(15-2)9-11(12)13/h4-5,9,12,14H,3,6-8H2,1-2H3. The highest BCUT2D eigenvalue weighted by atomic mass is 32.2. The van der Waals surface area contributed by atoms with Gasteiger partial charge < -0.3 is 10.1 Å². The molecule has 1 aromatic rings. The van der Waals surface area contributed by atoms with Gasteiger partial charge in [-0.05, 0) is 48.9 Å². The number of thioether (sulfide) groups is 1. The first kappa shape index (κ1) is 11.8. The Bertz CT molecular complexity index is 354. The average molecular weight is 237 g/mol. The highest BCUT2D eigenvalue weighted by Crippen LogP contribution is 2.37. The molecule has 0 bridgehead atoms. The second kappa shape index (κ2) is 5.60. The lowest BCUT2D eigenvalue weighted by Crippen LogP contribution is -2.25. The molecule has 0 amide bonds. The second-order valence-corrected chi connectivity index (χ2v) is 5.18. The Hall–Kier alpha value is -0.670. The van der Waals surface area contributed by atoms with Crippen LogP contribution in [-0.2, 0) is 0 Å². The largest absolute Gasteiger partial charge is 0.497 e. The fraction of sp³-hybridized carbons (Fsp3) is 0.538. The van der Waals surface area contributed by atoms with Gasteiger partial charge in [0, 0.05) is 10.9 Å². The van der Waals surface area contributed by atoms with Gasteiger partial charge >= 0.3 is 0 Å². The van der Waals surface area contributed by atoms with Gasteiger partial charge in [-0.15, -0.1) is 11.8 Å². The Balaban J connectivity index is 2.21. The van der Waals surface area contributed by atoms with Gasteiger partial charge in [-0.25, -0.2) is 0 Å². The first-order valence-electron chi connectivity index (χ1n) is 5.89. The smallest absolute Gasteiger partial charge is 0.119 e. The zero-order valence-corrected chi connectivity index (χ0v) is 10.8. The molecule has 0 aliphatic carbocycles. The molecule has 0 radical (unpaired) electrons. The predicted molar refractivity (Wildman–Crippen MR) is 69.4 cm³/mol. The first-order chi connectivity index (χ1) is 7.85. The Labute approximate surface area is 102 Å². The van der Waals surface area contributed by atoms with Crippen LogP contribution in [0.1, 0.15) is 31.4 Å². The molecule has 2 nitrogen and oxygen atoms in total. The molecular weight excluding hydrogens is 218 g/mol. The summed E-state index contributed by atoms with van der Waals surface area (Å²) < 4.78 is 5.30. The third kappa shape index (κ3) is 2.53. The van der Waals surface area contributed by atoms with Gasteiger partial charge in [0.2, 0.25) is 0 Å². The van der Waals surface area contributed by atoms with E-state index in [2.05, 4.69) is 24.4 Å². The van der Waals surface area contributed by atoms with E-state index in [9.17, 15) is 0 Å². The topological polar surface area (TPSA) is 21.3 Å². The van der Waals surface area contributed by atoms with Crippen LogP contribution >= 0.6 is 11.8 Å². The molecule has 0 saturated heterocycles. The molecular formula is C13H19NOS. The summed E-state index contributed by atoms with van der Waals surface area (Å²) in [5.41, 5.74) is 1.41. The van der Waals surface area contributed by atoms with Gasteiger partial charge in [0.25, 0.3) is 0 Å². The number of fused-ring (bicyclic) bond motifs is 1. The van der Waals surface area contributed by atoms with Gasteiger partial charge in [0.05, 0.1) is 7.11 Å². The van der Waals surface area contributed by atoms with Crippen molar-refractivity contribution in [2.45, 2.75) is 30.7 Å². The van der Waals surface area contributed by atoms with Crippen LogP contribution in [0.3, 0.4) is 0 Å². The predicted octanol–water partition coefficient (Wildman–Crippen LogP) is 3.23. The Morgan fingerprint density at radius 1 is 1.50 bits per heavy atom. The van der Waals surface area contributed by atoms with Gasteiger partial charge in [-0.2, -0.15) is 0 Å². The molecule has 1 atom stereocenters. The molecule has 88 valence electrons. The SMILES string of the molecule is CCCNC1CCSc2ccc(OC)cc21. The van der Waals surface area contributed by atoms with Crippen molar-refractivity contribution in [2.24, 2.45) is 0 Å². The molecule has 1 aliphatic heterocycles. The molecule has 16 heavy (non-hydrogen) atoms. The number of hydrogen-bond donors (Lipinski definition) is 1. The van der Waals surface area contributed by atoms with Crippen LogP contribution in [0.2, 0.25) is 0 Å². The maximum Gasteiger partial charge on any atom is 0.119 e. The van der Waals surface area contributed by atoms with E-state index in [1.54, 1.807) is 7.11 Å². The van der Waals surface area contributed by atoms with Gasteiger partial charge in [-0.3, -0.25) is 0 Å². The minimum absolute atomic E-state index is 0.506. The lowest BCUT2D eigenvalue weighted by molar-refractivity contribution is 0.411. The molecule has 0 spiro atoms. The summed E-state index contributed by atoms with van der Waals surface area (Å²) in [4.78, 5) is 1.40. The highest BCUT2D eigenvalue weighted by Gasteiger charge is 2.20. The molecule has 0 aromatic heterocycles. The van der Waals surface area contributed by atoms with E-state index in [0.29, 0.717) is 6.04 Å². The number of hydrogen-bond acceptors (Lipinski definition) is 3. The molecule has 1 aromatic carbocycles. The molecule has 2 rings (SSSR count). The third-order valence-corrected chi connectivity index (χ3v) is 4.02. The third-order valence-electron chi connectivity index (χ3n) is 2.90. The van der Waals surface area contributed by atoms with Crippen LogP contribution in [0.5, 0.6) is 5.75 Å². The number of methoxy groups -OCH3 is 1. The van der Waals surface area contributed by atoms with Crippen LogP contribution in [0.4, 0.5) is 0 Å². The van der Waals surface area contributed by atoms with E-state index in [0.717, 1.165) is 12.3 Å². The van der Waals surface area contributed by atoms with Crippen molar-refractivity contribution in [3.8, 4) is 5.75 Å². The lowest BCUT2D eigenvalue weighted by atomic mass is 10.0. The van der Waals surface area contributed by atoms with E-state index in [1.165, 1.54) is 29.1 Å². The van der Waals surface area contributed by atoms with Crippen molar-refractivity contribution in [3.63, 3.8) is 0 Å². The first-order valence-corrected chi connectivity index (χ1v) is 6.88. The summed E-state index contributed by atoms with van der Waals surface area (Å²) in [7, 11) is 1.73. The van der Waals surface area contributed by atoms with Gasteiger partial charge in [0.15, 0.2) is 0 Å². The molecule has 1 N–H and O–H groups in total. The minimum Gasteiger partial charge on any atom is -0.497 e. The maximum absolute atomic E-state index is 5.30. The molecule has 0 saturated carbocycles. The van der Waals surface area contributed by atoms with E-state index >= 15 is 0 Å². The van der Waals surface area contributed by atoms with Crippen molar-refractivity contribution in [3.05, 3.63) is 23.8 Å². The number of nitrogens with one attached hydrogen (secondary N) is 1. The molecule has 1 heterocycles. The molecule has 3 heteroatoms. The second-order valence-electron chi connectivity index (χ2n) is 4.05. The Morgan fingerprint density at radius 3 is 3.12 bits per heavy atom. The summed E-state index contributed by atoms with van der Waals surface area (Å²) in [5.74, 6) is 2.17. The van der Waals surface area contributed by atoms with Gasteiger partial charge in [-0.1, -0.05) is 6.92 Å². The normalized spacial score (nSPS) is 19.2. The summed E-state index contributed by atoms with van der Waals surface area (Å²) in [5, 5.41) is 3.61. The fourth-order valence-corrected chi connectivity index (χ4v) is 3.14. The zero-order valence-electron chi connectivity index (χ0n) is 9.95. The maximum atomic E-state index is 5.30. The van der Waals surface area contributed by atoms with Crippen molar-refractivity contribution < 1.29 is 4.74 Å². The van der Waals surface area contributed by atoms with Crippen LogP contribution < -0.4 is 10.1 Å². The number of rotatable bonds is 4. The van der Waals surface area contributed by atoms with Gasteiger partial charge in [0.1, 0.15) is 5.75 Å². The Morgan fingerprint density at radius 2 is 2.38 bits per heavy atom. The van der Waals surface area contributed by atoms with Crippen molar-refractivity contribution >= 4 is 11.8 Å². The summed E-state index contributed by atoms with van der Waals surface area (Å²) in [6.45, 7) is 3.29. The zero-order chi connectivity index (χ0) is 11.4. The van der Waals surface area contributed by atoms with E-state index in [4.69, 9.17) is 4.74 Å². The molecule has 1 aliphatic rings. The van der Waals surface area contributed by atoms with E-state index in [1.807, 2.05) is 17.8 Å². The number of benzene rings is 1. The quantitative estimate of drug-likeness (QED) is 0.868. The Kier molecular flexibility index (Phi) is 4.13. The van der Waals surface area contributed by atoms with Crippen molar-refractivity contribution in [2.75, 3.05) is 19.4 Å². The lowest BCUT2D eigenvalue weighted by Gasteiger charge is -2.26. The van der Waals surface area contributed by atoms with Crippen LogP contribution in [0, 0.1) is 0 Å². The molecule has 1 unspecified atom stereocenters. The van der Waals surface area contributed by atoms with E-state index in [-0.39, 0.29) is 0 Å². The van der Waals surface area contributed by atoms with Crippen molar-refractivity contribution in [1.29, 1.82) is 0 Å². The summed E-state index contributed by atoms with van der Waals surface area (Å²) >= 11 is 1.95. The fourth-order valence-electron chi connectivity index (χ4n) is 2.03. The van der Waals surface area contributed by atoms with E-state index < -0.39 is 0 Å². The summed E-state index contributed by atoms with van der Waals surface area (Å²) in [6, 6.07) is 6.91.